The molecular weight excluding hydrogens is 190 g/mol. The summed E-state index contributed by atoms with van der Waals surface area (Å²) >= 11 is 0. The second-order valence-corrected chi connectivity index (χ2v) is 4.10. The summed E-state index contributed by atoms with van der Waals surface area (Å²) in [5.41, 5.74) is 0. The van der Waals surface area contributed by atoms with E-state index in [2.05, 4.69) is 19.2 Å². The van der Waals surface area contributed by atoms with Crippen LogP contribution in [0.15, 0.2) is 22.8 Å². The van der Waals surface area contributed by atoms with E-state index in [9.17, 15) is 0 Å². The van der Waals surface area contributed by atoms with Crippen LogP contribution < -0.4 is 5.32 Å². The summed E-state index contributed by atoms with van der Waals surface area (Å²) in [5, 5.41) is 12.2. The van der Waals surface area contributed by atoms with E-state index in [1.807, 2.05) is 12.1 Å². The van der Waals surface area contributed by atoms with Crippen molar-refractivity contribution in [3.05, 3.63) is 24.2 Å². The smallest absolute Gasteiger partial charge is 0.103 e. The van der Waals surface area contributed by atoms with Crippen molar-refractivity contribution in [2.75, 3.05) is 6.61 Å². The standard InChI is InChI=1S/C12H21NO2/c1-10(13-11(2)7-8-14)5-6-12-4-3-9-15-12/h3-4,9-11,13-14H,5-8H2,1-2H3/t10?,11-/m1/s1. The van der Waals surface area contributed by atoms with Crippen molar-refractivity contribution in [2.24, 2.45) is 0 Å². The molecule has 0 spiro atoms. The molecular formula is C12H21NO2. The molecule has 86 valence electrons. The molecule has 1 unspecified atom stereocenters. The average molecular weight is 211 g/mol. The number of aliphatic hydroxyl groups excluding tert-OH is 1. The second-order valence-electron chi connectivity index (χ2n) is 4.10. The first-order valence-corrected chi connectivity index (χ1v) is 5.61. The molecule has 0 radical (unpaired) electrons. The number of nitrogens with one attached hydrogen (secondary N) is 1. The maximum atomic E-state index is 8.77. The Hall–Kier alpha value is -0.800. The van der Waals surface area contributed by atoms with Crippen LogP contribution in [0.2, 0.25) is 0 Å². The fourth-order valence-electron chi connectivity index (χ4n) is 1.66. The van der Waals surface area contributed by atoms with E-state index in [0.717, 1.165) is 25.0 Å². The van der Waals surface area contributed by atoms with Gasteiger partial charge in [0.15, 0.2) is 0 Å². The van der Waals surface area contributed by atoms with Gasteiger partial charge in [0.2, 0.25) is 0 Å². The summed E-state index contributed by atoms with van der Waals surface area (Å²) in [6.45, 7) is 4.51. The molecule has 0 aliphatic heterocycles. The van der Waals surface area contributed by atoms with Crippen LogP contribution in [0.4, 0.5) is 0 Å². The number of hydrogen-bond donors (Lipinski definition) is 2. The Labute approximate surface area is 91.5 Å². The van der Waals surface area contributed by atoms with E-state index in [0.29, 0.717) is 12.1 Å². The normalized spacial score (nSPS) is 15.1. The number of aryl methyl sites for hydroxylation is 1. The monoisotopic (exact) mass is 211 g/mol. The first kappa shape index (κ1) is 12.3. The zero-order valence-corrected chi connectivity index (χ0v) is 9.57. The van der Waals surface area contributed by atoms with Crippen LogP contribution >= 0.6 is 0 Å². The largest absolute Gasteiger partial charge is 0.469 e. The van der Waals surface area contributed by atoms with Gasteiger partial charge in [-0.2, -0.15) is 0 Å². The lowest BCUT2D eigenvalue weighted by molar-refractivity contribution is 0.262. The van der Waals surface area contributed by atoms with Crippen molar-refractivity contribution in [2.45, 2.75) is 45.2 Å². The van der Waals surface area contributed by atoms with Crippen LogP contribution in [0, 0.1) is 0 Å². The van der Waals surface area contributed by atoms with Crippen LogP contribution in [0.5, 0.6) is 0 Å². The predicted molar refractivity (Wildman–Crippen MR) is 60.8 cm³/mol. The zero-order chi connectivity index (χ0) is 11.1. The molecule has 2 atom stereocenters. The van der Waals surface area contributed by atoms with E-state index >= 15 is 0 Å². The summed E-state index contributed by atoms with van der Waals surface area (Å²) in [7, 11) is 0. The Balaban J connectivity index is 2.15. The minimum absolute atomic E-state index is 0.249. The van der Waals surface area contributed by atoms with Gasteiger partial charge < -0.3 is 14.8 Å². The molecule has 0 aliphatic carbocycles. The van der Waals surface area contributed by atoms with Crippen LogP contribution in [0.3, 0.4) is 0 Å². The van der Waals surface area contributed by atoms with E-state index in [4.69, 9.17) is 9.52 Å². The van der Waals surface area contributed by atoms with Crippen LogP contribution in [0.25, 0.3) is 0 Å². The van der Waals surface area contributed by atoms with E-state index in [-0.39, 0.29) is 6.61 Å². The van der Waals surface area contributed by atoms with Crippen molar-refractivity contribution < 1.29 is 9.52 Å². The molecule has 0 fully saturated rings. The molecule has 1 heterocycles. The second kappa shape index (κ2) is 6.64. The molecule has 3 nitrogen and oxygen atoms in total. The Kier molecular flexibility index (Phi) is 5.43. The molecule has 0 aromatic carbocycles. The fraction of sp³-hybridized carbons (Fsp3) is 0.667. The van der Waals surface area contributed by atoms with Crippen molar-refractivity contribution in [1.29, 1.82) is 0 Å². The van der Waals surface area contributed by atoms with Crippen LogP contribution in [0.1, 0.15) is 32.4 Å². The Morgan fingerprint density at radius 3 is 2.67 bits per heavy atom. The Morgan fingerprint density at radius 1 is 1.33 bits per heavy atom. The average Bonchev–Trinajstić information content (AvgIpc) is 2.67. The van der Waals surface area contributed by atoms with Crippen LogP contribution in [-0.4, -0.2) is 23.8 Å². The topological polar surface area (TPSA) is 45.4 Å². The Morgan fingerprint density at radius 2 is 2.07 bits per heavy atom. The van der Waals surface area contributed by atoms with Gasteiger partial charge in [0.25, 0.3) is 0 Å². The Bertz CT molecular complexity index is 246. The highest BCUT2D eigenvalue weighted by Crippen LogP contribution is 2.06. The van der Waals surface area contributed by atoms with Crippen molar-refractivity contribution in [3.8, 4) is 0 Å². The molecule has 1 rings (SSSR count). The molecule has 0 bridgehead atoms. The predicted octanol–water partition coefficient (Wildman–Crippen LogP) is 1.96. The fourth-order valence-corrected chi connectivity index (χ4v) is 1.66. The summed E-state index contributed by atoms with van der Waals surface area (Å²) < 4.78 is 5.27. The van der Waals surface area contributed by atoms with Gasteiger partial charge in [-0.1, -0.05) is 0 Å². The summed E-state index contributed by atoms with van der Waals surface area (Å²) in [5.74, 6) is 1.04. The highest BCUT2D eigenvalue weighted by atomic mass is 16.3. The van der Waals surface area contributed by atoms with Gasteiger partial charge in [-0.3, -0.25) is 0 Å². The number of furan rings is 1. The SMILES string of the molecule is CC(CCc1ccco1)N[C@H](C)CCO. The number of hydrogen-bond acceptors (Lipinski definition) is 3. The van der Waals surface area contributed by atoms with Crippen LogP contribution in [-0.2, 0) is 6.42 Å². The van der Waals surface area contributed by atoms with Crippen molar-refractivity contribution in [3.63, 3.8) is 0 Å². The van der Waals surface area contributed by atoms with E-state index < -0.39 is 0 Å². The van der Waals surface area contributed by atoms with Gasteiger partial charge in [-0.25, -0.2) is 0 Å². The van der Waals surface area contributed by atoms with Gasteiger partial charge in [-0.15, -0.1) is 0 Å². The third-order valence-corrected chi connectivity index (χ3v) is 2.53. The van der Waals surface area contributed by atoms with Gasteiger partial charge in [0, 0.05) is 25.1 Å². The molecule has 1 aromatic rings. The summed E-state index contributed by atoms with van der Waals surface area (Å²) in [4.78, 5) is 0. The molecule has 0 amide bonds. The van der Waals surface area contributed by atoms with E-state index in [1.54, 1.807) is 6.26 Å². The third kappa shape index (κ3) is 5.00. The van der Waals surface area contributed by atoms with Crippen molar-refractivity contribution >= 4 is 0 Å². The summed E-state index contributed by atoms with van der Waals surface area (Å²) in [6, 6.07) is 4.75. The highest BCUT2D eigenvalue weighted by Gasteiger charge is 2.07. The first-order valence-electron chi connectivity index (χ1n) is 5.61. The maximum absolute atomic E-state index is 8.77. The molecule has 2 N–H and O–H groups in total. The molecule has 0 saturated heterocycles. The first-order chi connectivity index (χ1) is 7.22. The lowest BCUT2D eigenvalue weighted by atomic mass is 10.1. The van der Waals surface area contributed by atoms with Crippen molar-refractivity contribution in [1.82, 2.24) is 5.32 Å². The highest BCUT2D eigenvalue weighted by molar-refractivity contribution is 4.98. The van der Waals surface area contributed by atoms with Gasteiger partial charge >= 0.3 is 0 Å². The number of aliphatic hydroxyl groups is 1. The van der Waals surface area contributed by atoms with Gasteiger partial charge in [0.05, 0.1) is 6.26 Å². The molecule has 0 saturated carbocycles. The minimum atomic E-state index is 0.249. The molecule has 3 heteroatoms. The molecule has 15 heavy (non-hydrogen) atoms. The van der Waals surface area contributed by atoms with Gasteiger partial charge in [0.1, 0.15) is 5.76 Å². The third-order valence-electron chi connectivity index (χ3n) is 2.53. The lowest BCUT2D eigenvalue weighted by Gasteiger charge is -2.18. The van der Waals surface area contributed by atoms with Gasteiger partial charge in [-0.05, 0) is 38.8 Å². The summed E-state index contributed by atoms with van der Waals surface area (Å²) in [6.07, 6.45) is 4.54. The quantitative estimate of drug-likeness (QED) is 0.724. The lowest BCUT2D eigenvalue weighted by Crippen LogP contribution is -2.35. The van der Waals surface area contributed by atoms with E-state index in [1.165, 1.54) is 0 Å². The maximum Gasteiger partial charge on any atom is 0.103 e. The molecule has 0 aliphatic rings. The molecule has 1 aromatic heterocycles. The zero-order valence-electron chi connectivity index (χ0n) is 9.57. The number of rotatable bonds is 7. The minimum Gasteiger partial charge on any atom is -0.469 e.